The average molecular weight is 652 g/mol. The highest BCUT2D eigenvalue weighted by atomic mass is 32.1. The number of fused-ring (bicyclic) bond motifs is 2. The predicted molar refractivity (Wildman–Crippen MR) is 159 cm³/mol. The molecule has 7 nitrogen and oxygen atoms in total. The molecule has 5 rings (SSSR count). The Morgan fingerprint density at radius 3 is 2.33 bits per heavy atom. The van der Waals surface area contributed by atoms with Gasteiger partial charge in [0.2, 0.25) is 5.91 Å². The maximum absolute atomic E-state index is 13.5. The molecule has 1 atom stereocenters. The maximum Gasteiger partial charge on any atom is 0.416 e. The van der Waals surface area contributed by atoms with Crippen LogP contribution in [0.2, 0.25) is 0 Å². The summed E-state index contributed by atoms with van der Waals surface area (Å²) in [4.78, 5) is 31.8. The second-order valence-electron chi connectivity index (χ2n) is 11.2. The zero-order valence-corrected chi connectivity index (χ0v) is 25.0. The Balaban J connectivity index is 1.29. The summed E-state index contributed by atoms with van der Waals surface area (Å²) in [5, 5.41) is 9.31. The molecule has 0 saturated carbocycles. The molecule has 14 heteroatoms. The highest BCUT2D eigenvalue weighted by Crippen LogP contribution is 2.44. The van der Waals surface area contributed by atoms with Crippen molar-refractivity contribution in [1.29, 1.82) is 0 Å². The highest BCUT2D eigenvalue weighted by Gasteiger charge is 2.39. The average Bonchev–Trinajstić information content (AvgIpc) is 3.61. The standard InChI is InChI=1S/C31H31F6N5O2S/c1-38-27(44)41-28-40-25(18-45-28)23(7-11-42-12-9-29(10-13-42)8-6-20-4-2-3-5-24(20)29)26(43)39-17-19-14-21(30(32,33)34)16-22(15-19)31(35,36)37/h2-6,8,14-16,18,23H,7,9-13,17H2,1H3,(H,39,43)(H2,38,40,41,44)/t23-/m0/s1. The van der Waals surface area contributed by atoms with E-state index in [1.54, 1.807) is 5.38 Å². The quantitative estimate of drug-likeness (QED) is 0.235. The van der Waals surface area contributed by atoms with Crippen LogP contribution in [0.1, 0.15) is 58.7 Å². The van der Waals surface area contributed by atoms with Crippen molar-refractivity contribution in [1.82, 2.24) is 20.5 Å². The van der Waals surface area contributed by atoms with Crippen LogP contribution in [0.5, 0.6) is 0 Å². The number of urea groups is 1. The number of rotatable bonds is 8. The summed E-state index contributed by atoms with van der Waals surface area (Å²) in [6.07, 6.45) is -3.50. The fraction of sp³-hybridized carbons (Fsp3) is 0.387. The van der Waals surface area contributed by atoms with Crippen LogP contribution >= 0.6 is 11.3 Å². The molecule has 3 aromatic rings. The van der Waals surface area contributed by atoms with E-state index in [1.165, 1.54) is 18.2 Å². The summed E-state index contributed by atoms with van der Waals surface area (Å²) in [6, 6.07) is 9.03. The summed E-state index contributed by atoms with van der Waals surface area (Å²) in [7, 11) is 1.43. The molecule has 3 N–H and O–H groups in total. The van der Waals surface area contributed by atoms with Crippen molar-refractivity contribution in [2.24, 2.45) is 0 Å². The first-order chi connectivity index (χ1) is 21.3. The van der Waals surface area contributed by atoms with E-state index in [4.69, 9.17) is 0 Å². The van der Waals surface area contributed by atoms with Crippen LogP contribution < -0.4 is 16.0 Å². The minimum atomic E-state index is -5.00. The zero-order valence-electron chi connectivity index (χ0n) is 24.2. The number of hydrogen-bond acceptors (Lipinski definition) is 5. The summed E-state index contributed by atoms with van der Waals surface area (Å²) in [5.74, 6) is -1.46. The van der Waals surface area contributed by atoms with Gasteiger partial charge < -0.3 is 15.5 Å². The SMILES string of the molecule is CNC(=O)Nc1nc([C@H](CCN2CCC3(C=Cc4ccccc43)CC2)C(=O)NCc2cc(C(F)(F)F)cc(C(F)(F)F)c2)cs1. The Morgan fingerprint density at radius 1 is 1.02 bits per heavy atom. The lowest BCUT2D eigenvalue weighted by Gasteiger charge is -2.39. The number of hydrogen-bond donors (Lipinski definition) is 3. The van der Waals surface area contributed by atoms with Gasteiger partial charge in [-0.3, -0.25) is 10.1 Å². The Bertz CT molecular complexity index is 1540. The highest BCUT2D eigenvalue weighted by molar-refractivity contribution is 7.14. The Kier molecular flexibility index (Phi) is 9.26. The molecule has 3 amide bonds. The van der Waals surface area contributed by atoms with Gasteiger partial charge in [-0.25, -0.2) is 9.78 Å². The van der Waals surface area contributed by atoms with Crippen molar-refractivity contribution < 1.29 is 35.9 Å². The summed E-state index contributed by atoms with van der Waals surface area (Å²) >= 11 is 1.10. The molecule has 2 aliphatic rings. The molecule has 0 bridgehead atoms. The van der Waals surface area contributed by atoms with Gasteiger partial charge in [-0.15, -0.1) is 11.3 Å². The monoisotopic (exact) mass is 651 g/mol. The Labute approximate surface area is 259 Å². The number of allylic oxidation sites excluding steroid dienone is 1. The van der Waals surface area contributed by atoms with E-state index in [-0.39, 0.29) is 22.2 Å². The Hall–Kier alpha value is -3.91. The van der Waals surface area contributed by atoms with E-state index in [0.717, 1.165) is 37.3 Å². The number of nitrogens with zero attached hydrogens (tertiary/aromatic N) is 2. The van der Waals surface area contributed by atoms with Gasteiger partial charge in [-0.05, 0) is 73.8 Å². The predicted octanol–water partition coefficient (Wildman–Crippen LogP) is 6.78. The van der Waals surface area contributed by atoms with Crippen molar-refractivity contribution in [3.63, 3.8) is 0 Å². The number of halogens is 6. The van der Waals surface area contributed by atoms with E-state index >= 15 is 0 Å². The first kappa shape index (κ1) is 32.5. The third-order valence-corrected chi connectivity index (χ3v) is 9.09. The van der Waals surface area contributed by atoms with Crippen molar-refractivity contribution in [2.75, 3.05) is 32.0 Å². The van der Waals surface area contributed by atoms with Crippen LogP contribution in [0.15, 0.2) is 53.9 Å². The summed E-state index contributed by atoms with van der Waals surface area (Å²) in [6.45, 7) is 1.51. The van der Waals surface area contributed by atoms with E-state index in [0.29, 0.717) is 30.8 Å². The van der Waals surface area contributed by atoms with Gasteiger partial charge in [-0.2, -0.15) is 26.3 Å². The molecule has 45 heavy (non-hydrogen) atoms. The number of piperidine rings is 1. The molecular formula is C31H31F6N5O2S. The van der Waals surface area contributed by atoms with E-state index in [9.17, 15) is 35.9 Å². The third-order valence-electron chi connectivity index (χ3n) is 8.32. The molecule has 2 aromatic carbocycles. The first-order valence-electron chi connectivity index (χ1n) is 14.3. The topological polar surface area (TPSA) is 86.4 Å². The number of carbonyl (C=O) groups excluding carboxylic acids is 2. The van der Waals surface area contributed by atoms with Gasteiger partial charge >= 0.3 is 18.4 Å². The van der Waals surface area contributed by atoms with Crippen LogP contribution in [0.4, 0.5) is 36.3 Å². The van der Waals surface area contributed by atoms with Gasteiger partial charge in [0.1, 0.15) is 0 Å². The fourth-order valence-corrected chi connectivity index (χ4v) is 6.63. The minimum absolute atomic E-state index is 0.0283. The number of benzene rings is 2. The van der Waals surface area contributed by atoms with Crippen molar-refractivity contribution in [3.8, 4) is 0 Å². The van der Waals surface area contributed by atoms with Crippen LogP contribution in [0.25, 0.3) is 6.08 Å². The number of nitrogens with one attached hydrogen (secondary N) is 3. The second kappa shape index (κ2) is 12.8. The second-order valence-corrected chi connectivity index (χ2v) is 12.0. The van der Waals surface area contributed by atoms with E-state index in [2.05, 4.69) is 50.1 Å². The molecule has 0 unspecified atom stereocenters. The van der Waals surface area contributed by atoms with Crippen LogP contribution in [-0.2, 0) is 29.1 Å². The fourth-order valence-electron chi connectivity index (χ4n) is 5.87. The smallest absolute Gasteiger partial charge is 0.351 e. The number of aromatic nitrogens is 1. The van der Waals surface area contributed by atoms with Crippen molar-refractivity contribution in [2.45, 2.75) is 49.5 Å². The number of likely N-dealkylation sites (tertiary alicyclic amines) is 1. The van der Waals surface area contributed by atoms with Crippen LogP contribution in [-0.4, -0.2) is 48.5 Å². The molecule has 1 saturated heterocycles. The van der Waals surface area contributed by atoms with Crippen molar-refractivity contribution in [3.05, 3.63) is 87.4 Å². The first-order valence-corrected chi connectivity index (χ1v) is 15.2. The number of amides is 3. The molecule has 1 aromatic heterocycles. The number of thiazole rings is 1. The third kappa shape index (κ3) is 7.50. The van der Waals surface area contributed by atoms with Gasteiger partial charge in [0.05, 0.1) is 22.7 Å². The number of anilines is 1. The lowest BCUT2D eigenvalue weighted by atomic mass is 9.74. The van der Waals surface area contributed by atoms with Crippen LogP contribution in [0, 0.1) is 0 Å². The number of carbonyl (C=O) groups is 2. The largest absolute Gasteiger partial charge is 0.416 e. The minimum Gasteiger partial charge on any atom is -0.351 e. The molecule has 240 valence electrons. The molecule has 1 fully saturated rings. The Morgan fingerprint density at radius 2 is 1.69 bits per heavy atom. The van der Waals surface area contributed by atoms with Gasteiger partial charge in [0, 0.05) is 24.4 Å². The molecular weight excluding hydrogens is 620 g/mol. The molecule has 2 heterocycles. The maximum atomic E-state index is 13.5. The van der Waals surface area contributed by atoms with Crippen molar-refractivity contribution >= 4 is 34.5 Å². The van der Waals surface area contributed by atoms with Crippen LogP contribution in [0.3, 0.4) is 0 Å². The van der Waals surface area contributed by atoms with Gasteiger partial charge in [0.15, 0.2) is 5.13 Å². The lowest BCUT2D eigenvalue weighted by molar-refractivity contribution is -0.143. The zero-order chi connectivity index (χ0) is 32.4. The van der Waals surface area contributed by atoms with E-state index < -0.39 is 47.9 Å². The molecule has 1 aliphatic carbocycles. The lowest BCUT2D eigenvalue weighted by Crippen LogP contribution is -2.42. The molecule has 0 radical (unpaired) electrons. The summed E-state index contributed by atoms with van der Waals surface area (Å²) in [5.41, 5.74) is -0.408. The van der Waals surface area contributed by atoms with Gasteiger partial charge in [0.25, 0.3) is 0 Å². The molecule has 1 spiro atoms. The van der Waals surface area contributed by atoms with Gasteiger partial charge in [-0.1, -0.05) is 36.4 Å². The normalized spacial score (nSPS) is 16.8. The number of alkyl halides is 6. The summed E-state index contributed by atoms with van der Waals surface area (Å²) < 4.78 is 80.1. The van der Waals surface area contributed by atoms with E-state index in [1.807, 2.05) is 12.1 Å². The molecule has 1 aliphatic heterocycles.